The molecular weight excluding hydrogens is 290 g/mol. The summed E-state index contributed by atoms with van der Waals surface area (Å²) in [5.74, 6) is 0.111. The number of pyridine rings is 1. The number of aryl methyl sites for hydroxylation is 1. The molecule has 2 aromatic rings. The summed E-state index contributed by atoms with van der Waals surface area (Å²) >= 11 is 3.50. The van der Waals surface area contributed by atoms with Crippen LogP contribution in [-0.4, -0.2) is 10.1 Å². The van der Waals surface area contributed by atoms with E-state index in [4.69, 9.17) is 0 Å². The Morgan fingerprint density at radius 1 is 1.22 bits per heavy atom. The first-order chi connectivity index (χ1) is 8.77. The van der Waals surface area contributed by atoms with Crippen LogP contribution < -0.4 is 0 Å². The number of fused-ring (bicyclic) bond motifs is 1. The first kappa shape index (κ1) is 11.9. The highest BCUT2D eigenvalue weighted by atomic mass is 79.9. The second-order valence-electron chi connectivity index (χ2n) is 4.66. The van der Waals surface area contributed by atoms with Crippen LogP contribution in [0.15, 0.2) is 47.1 Å². The van der Waals surface area contributed by atoms with Gasteiger partial charge in [0.05, 0.1) is 6.10 Å². The maximum atomic E-state index is 10.6. The Labute approximate surface area is 115 Å². The molecule has 0 amide bonds. The summed E-state index contributed by atoms with van der Waals surface area (Å²) in [4.78, 5) is 4.44. The Hall–Kier alpha value is -1.19. The van der Waals surface area contributed by atoms with E-state index in [1.165, 1.54) is 5.56 Å². The average molecular weight is 304 g/mol. The van der Waals surface area contributed by atoms with Crippen molar-refractivity contribution in [3.05, 3.63) is 63.9 Å². The monoisotopic (exact) mass is 303 g/mol. The molecular formula is C15H14BrNO. The van der Waals surface area contributed by atoms with Crippen molar-refractivity contribution < 1.29 is 5.11 Å². The quantitative estimate of drug-likeness (QED) is 0.919. The van der Waals surface area contributed by atoms with Crippen LogP contribution in [-0.2, 0) is 6.42 Å². The highest BCUT2D eigenvalue weighted by Crippen LogP contribution is 2.41. The maximum Gasteiger partial charge on any atom is 0.0884 e. The van der Waals surface area contributed by atoms with Crippen LogP contribution in [0.1, 0.15) is 35.3 Å². The van der Waals surface area contributed by atoms with Crippen LogP contribution in [0.3, 0.4) is 0 Å². The average Bonchev–Trinajstić information content (AvgIpc) is 2.82. The largest absolute Gasteiger partial charge is 0.388 e. The summed E-state index contributed by atoms with van der Waals surface area (Å²) in [6.07, 6.45) is 3.30. The molecule has 0 saturated heterocycles. The molecule has 0 aliphatic heterocycles. The van der Waals surface area contributed by atoms with Crippen molar-refractivity contribution in [3.63, 3.8) is 0 Å². The first-order valence-electron chi connectivity index (χ1n) is 6.13. The minimum Gasteiger partial charge on any atom is -0.388 e. The third-order valence-corrected chi connectivity index (χ3v) is 4.33. The van der Waals surface area contributed by atoms with Crippen molar-refractivity contribution in [2.75, 3.05) is 0 Å². The van der Waals surface area contributed by atoms with Crippen LogP contribution in [0.2, 0.25) is 0 Å². The Balaban J connectivity index is 1.96. The van der Waals surface area contributed by atoms with E-state index in [1.54, 1.807) is 0 Å². The van der Waals surface area contributed by atoms with Crippen LogP contribution in [0.5, 0.6) is 0 Å². The molecule has 1 aliphatic rings. The Morgan fingerprint density at radius 2 is 2.06 bits per heavy atom. The molecule has 0 bridgehead atoms. The molecule has 92 valence electrons. The van der Waals surface area contributed by atoms with Gasteiger partial charge in [-0.1, -0.05) is 40.2 Å². The molecule has 0 saturated carbocycles. The number of nitrogens with zero attached hydrogens (tertiary/aromatic N) is 1. The number of aliphatic hydroxyl groups excluding tert-OH is 1. The van der Waals surface area contributed by atoms with Gasteiger partial charge >= 0.3 is 0 Å². The fraction of sp³-hybridized carbons (Fsp3) is 0.267. The fourth-order valence-electron chi connectivity index (χ4n) is 2.68. The zero-order valence-electron chi connectivity index (χ0n) is 9.88. The van der Waals surface area contributed by atoms with Gasteiger partial charge in [0.25, 0.3) is 0 Å². The fourth-order valence-corrected chi connectivity index (χ4v) is 3.20. The molecule has 0 fully saturated rings. The minimum atomic E-state index is -0.489. The van der Waals surface area contributed by atoms with Gasteiger partial charge in [-0.2, -0.15) is 0 Å². The van der Waals surface area contributed by atoms with E-state index in [0.29, 0.717) is 0 Å². The molecule has 3 heteroatoms. The van der Waals surface area contributed by atoms with Crippen LogP contribution in [0, 0.1) is 0 Å². The van der Waals surface area contributed by atoms with Gasteiger partial charge in [-0.25, -0.2) is 0 Å². The highest BCUT2D eigenvalue weighted by molar-refractivity contribution is 9.10. The zero-order chi connectivity index (χ0) is 12.5. The Kier molecular flexibility index (Phi) is 3.18. The van der Waals surface area contributed by atoms with Crippen molar-refractivity contribution in [1.29, 1.82) is 0 Å². The lowest BCUT2D eigenvalue weighted by atomic mass is 9.93. The Morgan fingerprint density at radius 3 is 2.89 bits per heavy atom. The van der Waals surface area contributed by atoms with Crippen molar-refractivity contribution in [2.45, 2.75) is 24.9 Å². The molecule has 18 heavy (non-hydrogen) atoms. The predicted molar refractivity (Wildman–Crippen MR) is 74.4 cm³/mol. The van der Waals surface area contributed by atoms with Gasteiger partial charge in [-0.3, -0.25) is 4.98 Å². The topological polar surface area (TPSA) is 33.1 Å². The summed E-state index contributed by atoms with van der Waals surface area (Å²) in [5.41, 5.74) is 3.27. The predicted octanol–water partition coefficient (Wildman–Crippen LogP) is 3.61. The number of benzene rings is 1. The van der Waals surface area contributed by atoms with Gasteiger partial charge in [0.1, 0.15) is 0 Å². The second kappa shape index (κ2) is 4.82. The SMILES string of the molecule is OC(c1ccccc1Br)C1CCc2cccnc21. The lowest BCUT2D eigenvalue weighted by molar-refractivity contribution is 0.142. The van der Waals surface area contributed by atoms with Crippen LogP contribution >= 0.6 is 15.9 Å². The van der Waals surface area contributed by atoms with E-state index >= 15 is 0 Å². The molecule has 0 radical (unpaired) electrons. The lowest BCUT2D eigenvalue weighted by Crippen LogP contribution is -2.10. The lowest BCUT2D eigenvalue weighted by Gasteiger charge is -2.19. The van der Waals surface area contributed by atoms with Crippen molar-refractivity contribution >= 4 is 15.9 Å². The number of halogens is 1. The minimum absolute atomic E-state index is 0.111. The normalized spacial score (nSPS) is 19.6. The van der Waals surface area contributed by atoms with Crippen molar-refractivity contribution in [2.24, 2.45) is 0 Å². The Bertz CT molecular complexity index is 570. The van der Waals surface area contributed by atoms with E-state index < -0.39 is 6.10 Å². The summed E-state index contributed by atoms with van der Waals surface area (Å²) in [7, 11) is 0. The number of aromatic nitrogens is 1. The smallest absolute Gasteiger partial charge is 0.0884 e. The van der Waals surface area contributed by atoms with Gasteiger partial charge in [0.15, 0.2) is 0 Å². The molecule has 2 nitrogen and oxygen atoms in total. The molecule has 1 aromatic heterocycles. The van der Waals surface area contributed by atoms with Gasteiger partial charge in [0, 0.05) is 22.3 Å². The molecule has 2 atom stereocenters. The van der Waals surface area contributed by atoms with Crippen LogP contribution in [0.4, 0.5) is 0 Å². The number of rotatable bonds is 2. The number of aliphatic hydroxyl groups is 1. The zero-order valence-corrected chi connectivity index (χ0v) is 11.5. The molecule has 1 N–H and O–H groups in total. The van der Waals surface area contributed by atoms with E-state index in [-0.39, 0.29) is 5.92 Å². The van der Waals surface area contributed by atoms with Crippen molar-refractivity contribution in [3.8, 4) is 0 Å². The molecule has 0 spiro atoms. The molecule has 1 aromatic carbocycles. The summed E-state index contributed by atoms with van der Waals surface area (Å²) in [5, 5.41) is 10.6. The van der Waals surface area contributed by atoms with Gasteiger partial charge in [0.2, 0.25) is 0 Å². The first-order valence-corrected chi connectivity index (χ1v) is 6.93. The van der Waals surface area contributed by atoms with Crippen molar-refractivity contribution in [1.82, 2.24) is 4.98 Å². The van der Waals surface area contributed by atoms with Gasteiger partial charge in [-0.05, 0) is 36.1 Å². The van der Waals surface area contributed by atoms with E-state index in [2.05, 4.69) is 27.0 Å². The number of hydrogen-bond acceptors (Lipinski definition) is 2. The molecule has 3 rings (SSSR count). The highest BCUT2D eigenvalue weighted by Gasteiger charge is 2.31. The van der Waals surface area contributed by atoms with E-state index in [9.17, 15) is 5.11 Å². The summed E-state index contributed by atoms with van der Waals surface area (Å²) < 4.78 is 0.960. The third-order valence-electron chi connectivity index (χ3n) is 3.61. The van der Waals surface area contributed by atoms with E-state index in [1.807, 2.05) is 36.5 Å². The van der Waals surface area contributed by atoms with E-state index in [0.717, 1.165) is 28.6 Å². The van der Waals surface area contributed by atoms with Gasteiger partial charge < -0.3 is 5.11 Å². The summed E-state index contributed by atoms with van der Waals surface area (Å²) in [6.45, 7) is 0. The summed E-state index contributed by atoms with van der Waals surface area (Å²) in [6, 6.07) is 11.9. The molecule has 1 aliphatic carbocycles. The number of hydrogen-bond donors (Lipinski definition) is 1. The second-order valence-corrected chi connectivity index (χ2v) is 5.51. The van der Waals surface area contributed by atoms with Gasteiger partial charge in [-0.15, -0.1) is 0 Å². The van der Waals surface area contributed by atoms with Crippen LogP contribution in [0.25, 0.3) is 0 Å². The molecule has 1 heterocycles. The maximum absolute atomic E-state index is 10.6. The molecule has 2 unspecified atom stereocenters. The third kappa shape index (κ3) is 1.98. The standard InChI is InChI=1S/C15H14BrNO/c16-13-6-2-1-5-11(13)15(18)12-8-7-10-4-3-9-17-14(10)12/h1-6,9,12,15,18H,7-8H2.